The summed E-state index contributed by atoms with van der Waals surface area (Å²) in [6.45, 7) is 3.88. The minimum atomic E-state index is -0.329. The van der Waals surface area contributed by atoms with Crippen LogP contribution in [-0.4, -0.2) is 22.4 Å². The second kappa shape index (κ2) is 6.68. The quantitative estimate of drug-likeness (QED) is 0.825. The summed E-state index contributed by atoms with van der Waals surface area (Å²) in [5.74, 6) is 6.44. The van der Waals surface area contributed by atoms with Gasteiger partial charge in [-0.15, -0.1) is 0 Å². The molecule has 6 nitrogen and oxygen atoms in total. The molecule has 108 valence electrons. The van der Waals surface area contributed by atoms with Gasteiger partial charge in [-0.1, -0.05) is 11.8 Å². The number of nitrogens with one attached hydrogen (secondary N) is 1. The number of rotatable bonds is 3. The van der Waals surface area contributed by atoms with Crippen molar-refractivity contribution in [2.75, 3.05) is 6.54 Å². The van der Waals surface area contributed by atoms with Crippen LogP contribution in [0.15, 0.2) is 28.9 Å². The molecule has 21 heavy (non-hydrogen) atoms. The zero-order valence-electron chi connectivity index (χ0n) is 11.9. The van der Waals surface area contributed by atoms with Crippen molar-refractivity contribution in [1.29, 1.82) is 0 Å². The van der Waals surface area contributed by atoms with Gasteiger partial charge >= 0.3 is 0 Å². The fourth-order valence-corrected chi connectivity index (χ4v) is 1.66. The van der Waals surface area contributed by atoms with E-state index in [0.717, 1.165) is 0 Å². The molecule has 3 N–H and O–H groups in total. The Bertz CT molecular complexity index is 680. The number of pyridine rings is 1. The Morgan fingerprint density at radius 2 is 2.24 bits per heavy atom. The molecule has 2 aromatic rings. The second-order valence-electron chi connectivity index (χ2n) is 4.44. The molecular weight excluding hydrogens is 268 g/mol. The third kappa shape index (κ3) is 3.91. The van der Waals surface area contributed by atoms with E-state index in [2.05, 4.69) is 27.1 Å². The number of amides is 1. The van der Waals surface area contributed by atoms with Crippen molar-refractivity contribution in [3.63, 3.8) is 0 Å². The van der Waals surface area contributed by atoms with Crippen LogP contribution >= 0.6 is 0 Å². The van der Waals surface area contributed by atoms with Crippen molar-refractivity contribution in [1.82, 2.24) is 15.3 Å². The molecule has 0 radical (unpaired) electrons. The number of hydrogen-bond donors (Lipinski definition) is 2. The van der Waals surface area contributed by atoms with Gasteiger partial charge in [-0.05, 0) is 26.0 Å². The van der Waals surface area contributed by atoms with Crippen LogP contribution in [0.1, 0.15) is 40.7 Å². The van der Waals surface area contributed by atoms with Crippen molar-refractivity contribution in [3.8, 4) is 11.8 Å². The van der Waals surface area contributed by atoms with Gasteiger partial charge in [-0.3, -0.25) is 4.79 Å². The van der Waals surface area contributed by atoms with Gasteiger partial charge in [0, 0.05) is 11.8 Å². The predicted molar refractivity (Wildman–Crippen MR) is 77.3 cm³/mol. The molecule has 2 heterocycles. The average molecular weight is 284 g/mol. The van der Waals surface area contributed by atoms with Crippen molar-refractivity contribution >= 4 is 5.91 Å². The maximum absolute atomic E-state index is 12.1. The molecule has 2 rings (SSSR count). The molecule has 0 saturated heterocycles. The molecule has 0 bridgehead atoms. The average Bonchev–Trinajstić information content (AvgIpc) is 2.92. The molecule has 2 aromatic heterocycles. The van der Waals surface area contributed by atoms with Crippen molar-refractivity contribution in [2.45, 2.75) is 19.9 Å². The van der Waals surface area contributed by atoms with Crippen LogP contribution < -0.4 is 11.1 Å². The van der Waals surface area contributed by atoms with E-state index in [1.54, 1.807) is 32.2 Å². The normalized spacial score (nSPS) is 11.4. The predicted octanol–water partition coefficient (Wildman–Crippen LogP) is 1.18. The summed E-state index contributed by atoms with van der Waals surface area (Å²) in [6.07, 6.45) is 3.15. The van der Waals surface area contributed by atoms with Crippen LogP contribution in [0.2, 0.25) is 0 Å². The Hall–Kier alpha value is -2.65. The van der Waals surface area contributed by atoms with Crippen molar-refractivity contribution in [2.24, 2.45) is 5.73 Å². The van der Waals surface area contributed by atoms with Gasteiger partial charge < -0.3 is 15.5 Å². The zero-order valence-corrected chi connectivity index (χ0v) is 11.9. The summed E-state index contributed by atoms with van der Waals surface area (Å²) >= 11 is 0. The van der Waals surface area contributed by atoms with Crippen LogP contribution in [0.25, 0.3) is 0 Å². The Labute approximate surface area is 122 Å². The fraction of sp³-hybridized carbons (Fsp3) is 0.267. The first-order valence-electron chi connectivity index (χ1n) is 6.48. The number of hydrogen-bond acceptors (Lipinski definition) is 5. The molecule has 6 heteroatoms. The first-order chi connectivity index (χ1) is 10.1. The maximum Gasteiger partial charge on any atom is 0.270 e. The largest absolute Gasteiger partial charge is 0.444 e. The Morgan fingerprint density at radius 1 is 1.43 bits per heavy atom. The molecule has 0 saturated carbocycles. The van der Waals surface area contributed by atoms with Crippen molar-refractivity contribution in [3.05, 3.63) is 47.4 Å². The van der Waals surface area contributed by atoms with E-state index in [0.29, 0.717) is 22.9 Å². The van der Waals surface area contributed by atoms with E-state index in [1.807, 2.05) is 0 Å². The number of aryl methyl sites for hydroxylation is 1. The molecule has 0 aromatic carbocycles. The van der Waals surface area contributed by atoms with Crippen molar-refractivity contribution < 1.29 is 9.21 Å². The smallest absolute Gasteiger partial charge is 0.270 e. The molecule has 0 aliphatic rings. The van der Waals surface area contributed by atoms with E-state index in [-0.39, 0.29) is 18.5 Å². The molecule has 1 unspecified atom stereocenters. The summed E-state index contributed by atoms with van der Waals surface area (Å²) in [6, 6.07) is 3.01. The number of aromatic nitrogens is 2. The maximum atomic E-state index is 12.1. The standard InChI is InChI=1S/C15H16N4O2/c1-10-8-18-15(21-10)11(2)19-14(20)13-6-5-12(9-17-13)4-3-7-16/h5-6,8-9,11H,7,16H2,1-2H3,(H,19,20). The highest BCUT2D eigenvalue weighted by molar-refractivity contribution is 5.92. The van der Waals surface area contributed by atoms with Gasteiger partial charge in [-0.2, -0.15) is 0 Å². The summed E-state index contributed by atoms with van der Waals surface area (Å²) in [7, 11) is 0. The first kappa shape index (κ1) is 14.8. The highest BCUT2D eigenvalue weighted by Crippen LogP contribution is 2.12. The monoisotopic (exact) mass is 284 g/mol. The molecule has 0 fully saturated rings. The third-order valence-electron chi connectivity index (χ3n) is 2.69. The van der Waals surface area contributed by atoms with Crippen LogP contribution in [-0.2, 0) is 0 Å². The third-order valence-corrected chi connectivity index (χ3v) is 2.69. The van der Waals surface area contributed by atoms with Gasteiger partial charge in [0.2, 0.25) is 5.89 Å². The second-order valence-corrected chi connectivity index (χ2v) is 4.44. The van der Waals surface area contributed by atoms with Gasteiger partial charge in [0.15, 0.2) is 0 Å². The highest BCUT2D eigenvalue weighted by Gasteiger charge is 2.16. The number of carbonyl (C=O) groups is 1. The van der Waals surface area contributed by atoms with Crippen LogP contribution in [0.5, 0.6) is 0 Å². The summed E-state index contributed by atoms with van der Waals surface area (Å²) < 4.78 is 5.37. The van der Waals surface area contributed by atoms with E-state index in [9.17, 15) is 4.79 Å². The van der Waals surface area contributed by atoms with Crippen LogP contribution in [0.4, 0.5) is 0 Å². The van der Waals surface area contributed by atoms with Gasteiger partial charge in [0.25, 0.3) is 5.91 Å². The lowest BCUT2D eigenvalue weighted by atomic mass is 10.2. The number of carbonyl (C=O) groups excluding carboxylic acids is 1. The Morgan fingerprint density at radius 3 is 2.81 bits per heavy atom. The minimum Gasteiger partial charge on any atom is -0.444 e. The molecule has 1 amide bonds. The van der Waals surface area contributed by atoms with Crippen LogP contribution in [0, 0.1) is 18.8 Å². The SMILES string of the molecule is Cc1cnc(C(C)NC(=O)c2ccc(C#CCN)cn2)o1. The summed E-state index contributed by atoms with van der Waals surface area (Å²) in [5.41, 5.74) is 6.32. The van der Waals surface area contributed by atoms with E-state index in [1.165, 1.54) is 6.20 Å². The number of nitrogens with two attached hydrogens (primary N) is 1. The lowest BCUT2D eigenvalue weighted by molar-refractivity contribution is 0.0929. The van der Waals surface area contributed by atoms with E-state index in [4.69, 9.17) is 10.2 Å². The van der Waals surface area contributed by atoms with Gasteiger partial charge in [-0.25, -0.2) is 9.97 Å². The summed E-state index contributed by atoms with van der Waals surface area (Å²) in [5, 5.41) is 2.77. The zero-order chi connectivity index (χ0) is 15.2. The Balaban J connectivity index is 2.03. The fourth-order valence-electron chi connectivity index (χ4n) is 1.66. The lowest BCUT2D eigenvalue weighted by Crippen LogP contribution is -2.27. The lowest BCUT2D eigenvalue weighted by Gasteiger charge is -2.09. The highest BCUT2D eigenvalue weighted by atomic mass is 16.4. The molecule has 0 aliphatic carbocycles. The molecule has 0 aliphatic heterocycles. The van der Waals surface area contributed by atoms with Crippen LogP contribution in [0.3, 0.4) is 0 Å². The molecule has 0 spiro atoms. The van der Waals surface area contributed by atoms with E-state index >= 15 is 0 Å². The molecular formula is C15H16N4O2. The Kier molecular flexibility index (Phi) is 4.69. The number of nitrogens with zero attached hydrogens (tertiary/aromatic N) is 2. The van der Waals surface area contributed by atoms with E-state index < -0.39 is 0 Å². The van der Waals surface area contributed by atoms with Gasteiger partial charge in [0.1, 0.15) is 17.5 Å². The topological polar surface area (TPSA) is 94.0 Å². The first-order valence-corrected chi connectivity index (χ1v) is 6.48. The molecule has 1 atom stereocenters. The minimum absolute atomic E-state index is 0.287. The number of oxazole rings is 1. The summed E-state index contributed by atoms with van der Waals surface area (Å²) in [4.78, 5) is 20.2. The van der Waals surface area contributed by atoms with Gasteiger partial charge in [0.05, 0.1) is 12.7 Å².